The molecule has 2 heteroatoms. The van der Waals surface area contributed by atoms with E-state index in [0.29, 0.717) is 6.04 Å². The monoisotopic (exact) mass is 231 g/mol. The maximum absolute atomic E-state index is 5.72. The summed E-state index contributed by atoms with van der Waals surface area (Å²) in [6, 6.07) is 9.48. The van der Waals surface area contributed by atoms with E-state index in [1.54, 1.807) is 0 Å². The molecular formula is C15H21NO. The van der Waals surface area contributed by atoms with Gasteiger partial charge in [-0.05, 0) is 49.8 Å². The van der Waals surface area contributed by atoms with Gasteiger partial charge in [-0.15, -0.1) is 0 Å². The molecule has 1 atom stereocenters. The van der Waals surface area contributed by atoms with Crippen LogP contribution in [0.2, 0.25) is 0 Å². The van der Waals surface area contributed by atoms with Crippen LogP contribution in [0.15, 0.2) is 24.3 Å². The Morgan fingerprint density at radius 3 is 2.82 bits per heavy atom. The zero-order valence-electron chi connectivity index (χ0n) is 10.5. The fourth-order valence-corrected chi connectivity index (χ4v) is 3.04. The summed E-state index contributed by atoms with van der Waals surface area (Å²) in [5.41, 5.74) is 2.96. The van der Waals surface area contributed by atoms with Crippen molar-refractivity contribution in [3.63, 3.8) is 0 Å². The molecule has 1 aromatic rings. The first-order valence-electron chi connectivity index (χ1n) is 6.71. The number of hydrogen-bond donors (Lipinski definition) is 1. The highest BCUT2D eigenvalue weighted by atomic mass is 16.5. The molecule has 0 aromatic heterocycles. The summed E-state index contributed by atoms with van der Waals surface area (Å²) in [6.45, 7) is 1.18. The van der Waals surface area contributed by atoms with Crippen LogP contribution in [-0.2, 0) is 16.8 Å². The third kappa shape index (κ3) is 2.12. The fraction of sp³-hybridized carbons (Fsp3) is 0.600. The first-order chi connectivity index (χ1) is 8.34. The molecule has 1 saturated heterocycles. The molecule has 0 amide bonds. The van der Waals surface area contributed by atoms with Gasteiger partial charge in [0.2, 0.25) is 0 Å². The highest BCUT2D eigenvalue weighted by molar-refractivity contribution is 5.36. The smallest absolute Gasteiger partial charge is 0.0932 e. The zero-order chi connectivity index (χ0) is 11.7. The van der Waals surface area contributed by atoms with Crippen molar-refractivity contribution in [1.29, 1.82) is 0 Å². The molecule has 1 heterocycles. The van der Waals surface area contributed by atoms with Crippen molar-refractivity contribution in [2.75, 3.05) is 13.7 Å². The number of methoxy groups -OCH3 is 1. The van der Waals surface area contributed by atoms with Crippen molar-refractivity contribution in [1.82, 2.24) is 5.32 Å². The lowest BCUT2D eigenvalue weighted by Crippen LogP contribution is -2.25. The van der Waals surface area contributed by atoms with Gasteiger partial charge in [-0.25, -0.2) is 0 Å². The second-order valence-corrected chi connectivity index (χ2v) is 5.35. The standard InChI is InChI=1S/C15H21NO/c1-17-15(8-9-15)14-7-3-2-5-12(14)11-13-6-4-10-16-13/h2-3,5,7,13,16H,4,6,8-11H2,1H3. The fourth-order valence-electron chi connectivity index (χ4n) is 3.04. The van der Waals surface area contributed by atoms with E-state index in [-0.39, 0.29) is 5.60 Å². The van der Waals surface area contributed by atoms with Gasteiger partial charge in [0.15, 0.2) is 0 Å². The number of rotatable bonds is 4. The SMILES string of the molecule is COC1(c2ccccc2CC2CCCN2)CC1. The number of hydrogen-bond acceptors (Lipinski definition) is 2. The minimum absolute atomic E-state index is 0.0508. The second kappa shape index (κ2) is 4.43. The minimum atomic E-state index is 0.0508. The Balaban J connectivity index is 1.83. The summed E-state index contributed by atoms with van der Waals surface area (Å²) in [5, 5.41) is 3.58. The number of ether oxygens (including phenoxy) is 1. The highest BCUT2D eigenvalue weighted by Crippen LogP contribution is 2.50. The van der Waals surface area contributed by atoms with Gasteiger partial charge in [0, 0.05) is 13.2 Å². The van der Waals surface area contributed by atoms with E-state index >= 15 is 0 Å². The van der Waals surface area contributed by atoms with E-state index < -0.39 is 0 Å². The van der Waals surface area contributed by atoms with Crippen LogP contribution in [0.1, 0.15) is 36.8 Å². The van der Waals surface area contributed by atoms with E-state index in [2.05, 4.69) is 29.6 Å². The van der Waals surface area contributed by atoms with Gasteiger partial charge in [0.05, 0.1) is 5.60 Å². The largest absolute Gasteiger partial charge is 0.374 e. The summed E-state index contributed by atoms with van der Waals surface area (Å²) in [4.78, 5) is 0. The molecular weight excluding hydrogens is 210 g/mol. The van der Waals surface area contributed by atoms with Gasteiger partial charge in [-0.2, -0.15) is 0 Å². The summed E-state index contributed by atoms with van der Waals surface area (Å²) >= 11 is 0. The molecule has 1 aliphatic carbocycles. The van der Waals surface area contributed by atoms with Crippen molar-refractivity contribution < 1.29 is 4.74 Å². The lowest BCUT2D eigenvalue weighted by atomic mass is 9.95. The Hall–Kier alpha value is -0.860. The molecule has 1 saturated carbocycles. The van der Waals surface area contributed by atoms with E-state index in [0.717, 1.165) is 6.42 Å². The Kier molecular flexibility index (Phi) is 2.93. The second-order valence-electron chi connectivity index (χ2n) is 5.35. The molecule has 0 bridgehead atoms. The van der Waals surface area contributed by atoms with Crippen LogP contribution in [0, 0.1) is 0 Å². The molecule has 0 spiro atoms. The van der Waals surface area contributed by atoms with Gasteiger partial charge < -0.3 is 10.1 Å². The summed E-state index contributed by atoms with van der Waals surface area (Å²) in [5.74, 6) is 0. The van der Waals surface area contributed by atoms with Gasteiger partial charge in [0.25, 0.3) is 0 Å². The third-order valence-corrected chi connectivity index (χ3v) is 4.23. The quantitative estimate of drug-likeness (QED) is 0.860. The maximum atomic E-state index is 5.72. The first-order valence-corrected chi connectivity index (χ1v) is 6.71. The molecule has 92 valence electrons. The Morgan fingerprint density at radius 2 is 2.18 bits per heavy atom. The van der Waals surface area contributed by atoms with Crippen LogP contribution >= 0.6 is 0 Å². The van der Waals surface area contributed by atoms with Crippen molar-refractivity contribution in [3.05, 3.63) is 35.4 Å². The molecule has 1 unspecified atom stereocenters. The van der Waals surface area contributed by atoms with Gasteiger partial charge in [0.1, 0.15) is 0 Å². The lowest BCUT2D eigenvalue weighted by Gasteiger charge is -2.20. The van der Waals surface area contributed by atoms with Crippen LogP contribution in [0.3, 0.4) is 0 Å². The maximum Gasteiger partial charge on any atom is 0.0932 e. The van der Waals surface area contributed by atoms with Gasteiger partial charge in [-0.3, -0.25) is 0 Å². The predicted molar refractivity (Wildman–Crippen MR) is 69.1 cm³/mol. The molecule has 2 nitrogen and oxygen atoms in total. The Bertz CT molecular complexity index is 392. The summed E-state index contributed by atoms with van der Waals surface area (Å²) < 4.78 is 5.72. The van der Waals surface area contributed by atoms with E-state index in [9.17, 15) is 0 Å². The van der Waals surface area contributed by atoms with Crippen LogP contribution in [0.4, 0.5) is 0 Å². The lowest BCUT2D eigenvalue weighted by molar-refractivity contribution is 0.0780. The molecule has 1 N–H and O–H groups in total. The average Bonchev–Trinajstić information content (AvgIpc) is 3.01. The van der Waals surface area contributed by atoms with E-state index in [4.69, 9.17) is 4.74 Å². The van der Waals surface area contributed by atoms with E-state index in [1.807, 2.05) is 7.11 Å². The predicted octanol–water partition coefficient (Wildman–Crippen LogP) is 2.62. The number of nitrogens with one attached hydrogen (secondary N) is 1. The van der Waals surface area contributed by atoms with Gasteiger partial charge in [-0.1, -0.05) is 24.3 Å². The molecule has 0 radical (unpaired) electrons. The molecule has 3 rings (SSSR count). The van der Waals surface area contributed by atoms with Crippen LogP contribution in [0.25, 0.3) is 0 Å². The van der Waals surface area contributed by atoms with Crippen LogP contribution in [0.5, 0.6) is 0 Å². The first kappa shape index (κ1) is 11.2. The molecule has 2 fully saturated rings. The van der Waals surface area contributed by atoms with Crippen molar-refractivity contribution in [2.45, 2.75) is 43.7 Å². The Labute approximate surface area is 103 Å². The molecule has 17 heavy (non-hydrogen) atoms. The third-order valence-electron chi connectivity index (χ3n) is 4.23. The normalized spacial score (nSPS) is 26.1. The van der Waals surface area contributed by atoms with Crippen LogP contribution < -0.4 is 5.32 Å². The minimum Gasteiger partial charge on any atom is -0.374 e. The molecule has 1 aliphatic heterocycles. The van der Waals surface area contributed by atoms with E-state index in [1.165, 1.54) is 43.4 Å². The highest BCUT2D eigenvalue weighted by Gasteiger charge is 2.45. The molecule has 1 aromatic carbocycles. The average molecular weight is 231 g/mol. The Morgan fingerprint density at radius 1 is 1.35 bits per heavy atom. The van der Waals surface area contributed by atoms with Crippen molar-refractivity contribution >= 4 is 0 Å². The van der Waals surface area contributed by atoms with Crippen molar-refractivity contribution in [3.8, 4) is 0 Å². The van der Waals surface area contributed by atoms with Gasteiger partial charge >= 0.3 is 0 Å². The topological polar surface area (TPSA) is 21.3 Å². The van der Waals surface area contributed by atoms with Crippen LogP contribution in [-0.4, -0.2) is 19.7 Å². The zero-order valence-corrected chi connectivity index (χ0v) is 10.5. The molecule has 2 aliphatic rings. The number of benzene rings is 1. The summed E-state index contributed by atoms with van der Waals surface area (Å²) in [7, 11) is 1.84. The van der Waals surface area contributed by atoms with Crippen molar-refractivity contribution in [2.24, 2.45) is 0 Å². The summed E-state index contributed by atoms with van der Waals surface area (Å²) in [6.07, 6.45) is 6.15.